The Labute approximate surface area is 99.9 Å². The van der Waals surface area contributed by atoms with E-state index in [1.165, 1.54) is 19.9 Å². The Balaban J connectivity index is 4.46. The van der Waals surface area contributed by atoms with Gasteiger partial charge >= 0.3 is 18.0 Å². The Morgan fingerprint density at radius 1 is 1.47 bits per heavy atom. The van der Waals surface area contributed by atoms with Gasteiger partial charge in [-0.3, -0.25) is 0 Å². The minimum absolute atomic E-state index is 0.0898. The highest BCUT2D eigenvalue weighted by atomic mass is 16.8. The average Bonchev–Trinajstić information content (AvgIpc) is 2.25. The van der Waals surface area contributed by atoms with Gasteiger partial charge in [0.1, 0.15) is 0 Å². The fraction of sp³-hybridized carbons (Fsp3) is 0.455. The largest absolute Gasteiger partial charge is 0.412 e. The van der Waals surface area contributed by atoms with Gasteiger partial charge in [0.25, 0.3) is 0 Å². The Hall–Kier alpha value is -1.82. The molecule has 0 fully saturated rings. The smallest absolute Gasteiger partial charge is 0.395 e. The quantitative estimate of drug-likeness (QED) is 0.315. The molecule has 0 saturated heterocycles. The highest BCUT2D eigenvalue weighted by Crippen LogP contribution is 2.16. The number of alkyl carbamates (subject to hydrolysis) is 1. The van der Waals surface area contributed by atoms with Gasteiger partial charge in [-0.2, -0.15) is 0 Å². The van der Waals surface area contributed by atoms with Crippen molar-refractivity contribution < 1.29 is 24.2 Å². The summed E-state index contributed by atoms with van der Waals surface area (Å²) in [5, 5.41) is 12.0. The first kappa shape index (κ1) is 15.2. The van der Waals surface area contributed by atoms with E-state index >= 15 is 0 Å². The molecule has 0 aliphatic heterocycles. The molecule has 2 N–H and O–H groups in total. The van der Waals surface area contributed by atoms with E-state index in [-0.39, 0.29) is 18.5 Å². The zero-order valence-corrected chi connectivity index (χ0v) is 9.99. The van der Waals surface area contributed by atoms with Gasteiger partial charge in [0.2, 0.25) is 0 Å². The Bertz CT molecular complexity index is 326. The van der Waals surface area contributed by atoms with Gasteiger partial charge in [-0.05, 0) is 6.92 Å². The summed E-state index contributed by atoms with van der Waals surface area (Å²) < 4.78 is 9.19. The molecule has 96 valence electrons. The first-order valence-corrected chi connectivity index (χ1v) is 5.03. The number of aliphatic hydroxyl groups is 1. The minimum Gasteiger partial charge on any atom is -0.395 e. The predicted molar refractivity (Wildman–Crippen MR) is 60.8 cm³/mol. The summed E-state index contributed by atoms with van der Waals surface area (Å²) in [6.45, 7) is 9.82. The predicted octanol–water partition coefficient (Wildman–Crippen LogP) is 1.07. The molecule has 0 rings (SSSR count). The third kappa shape index (κ3) is 5.72. The van der Waals surface area contributed by atoms with Crippen molar-refractivity contribution in [1.82, 2.24) is 5.32 Å². The van der Waals surface area contributed by atoms with Crippen LogP contribution in [0.25, 0.3) is 0 Å². The van der Waals surface area contributed by atoms with Crippen LogP contribution in [0.2, 0.25) is 0 Å². The van der Waals surface area contributed by atoms with Crippen LogP contribution in [0.1, 0.15) is 20.3 Å². The number of hydrogen-bond acceptors (Lipinski definition) is 5. The highest BCUT2D eigenvalue weighted by Gasteiger charge is 2.34. The van der Waals surface area contributed by atoms with Crippen molar-refractivity contribution in [2.75, 3.05) is 6.54 Å². The van der Waals surface area contributed by atoms with Gasteiger partial charge in [-0.25, -0.2) is 9.59 Å². The summed E-state index contributed by atoms with van der Waals surface area (Å²) >= 11 is 0. The average molecular weight is 243 g/mol. The molecular formula is C11H17NO5. The molecule has 0 aromatic carbocycles. The second kappa shape index (κ2) is 6.70. The zero-order chi connectivity index (χ0) is 13.5. The number of ether oxygens (including phenoxy) is 2. The number of nitrogens with one attached hydrogen (secondary N) is 1. The molecule has 1 atom stereocenters. The number of esters is 1. The second-order valence-electron chi connectivity index (χ2n) is 3.30. The zero-order valence-electron chi connectivity index (χ0n) is 9.99. The van der Waals surface area contributed by atoms with E-state index in [0.29, 0.717) is 0 Å². The van der Waals surface area contributed by atoms with Crippen LogP contribution in [0, 0.1) is 0 Å². The van der Waals surface area contributed by atoms with E-state index < -0.39 is 18.0 Å². The summed E-state index contributed by atoms with van der Waals surface area (Å²) in [7, 11) is 0. The molecule has 0 saturated carbocycles. The van der Waals surface area contributed by atoms with Gasteiger partial charge in [0, 0.05) is 12.1 Å². The van der Waals surface area contributed by atoms with E-state index in [1.807, 2.05) is 0 Å². The molecule has 1 unspecified atom stereocenters. The normalized spacial score (nSPS) is 13.1. The van der Waals surface area contributed by atoms with Gasteiger partial charge in [-0.1, -0.05) is 19.6 Å². The summed E-state index contributed by atoms with van der Waals surface area (Å²) in [6, 6.07) is 0. The van der Waals surface area contributed by atoms with Gasteiger partial charge < -0.3 is 19.9 Å². The molecule has 0 aromatic rings. The number of rotatable bonds is 6. The lowest BCUT2D eigenvalue weighted by molar-refractivity contribution is -0.314. The Kier molecular flexibility index (Phi) is 5.98. The van der Waals surface area contributed by atoms with Gasteiger partial charge in [0.15, 0.2) is 0 Å². The molecule has 0 aromatic heterocycles. The van der Waals surface area contributed by atoms with E-state index in [1.54, 1.807) is 0 Å². The van der Waals surface area contributed by atoms with Crippen LogP contribution in [-0.4, -0.2) is 29.7 Å². The summed E-state index contributed by atoms with van der Waals surface area (Å²) in [4.78, 5) is 22.4. The fourth-order valence-corrected chi connectivity index (χ4v) is 0.734. The van der Waals surface area contributed by atoms with E-state index in [9.17, 15) is 14.7 Å². The SMILES string of the molecule is C=CCNC(=O)OC(O)(CC)OC(=O)C(=C)C. The topological polar surface area (TPSA) is 84.9 Å². The third-order valence-corrected chi connectivity index (χ3v) is 1.69. The molecule has 6 nitrogen and oxygen atoms in total. The number of amides is 1. The molecule has 0 bridgehead atoms. The lowest BCUT2D eigenvalue weighted by atomic mass is 10.3. The summed E-state index contributed by atoms with van der Waals surface area (Å²) in [6.07, 6.45) is 0.420. The van der Waals surface area contributed by atoms with Crippen molar-refractivity contribution in [2.24, 2.45) is 0 Å². The van der Waals surface area contributed by atoms with Crippen molar-refractivity contribution >= 4 is 12.1 Å². The lowest BCUT2D eigenvalue weighted by Crippen LogP contribution is -2.42. The molecule has 0 aliphatic carbocycles. The van der Waals surface area contributed by atoms with Crippen molar-refractivity contribution in [3.05, 3.63) is 24.8 Å². The maximum Gasteiger partial charge on any atom is 0.412 e. The maximum absolute atomic E-state index is 11.2. The van der Waals surface area contributed by atoms with Crippen LogP contribution in [0.5, 0.6) is 0 Å². The van der Waals surface area contributed by atoms with Crippen LogP contribution in [-0.2, 0) is 14.3 Å². The second-order valence-corrected chi connectivity index (χ2v) is 3.30. The molecule has 6 heteroatoms. The summed E-state index contributed by atoms with van der Waals surface area (Å²) in [5.41, 5.74) is 0.0898. The molecule has 0 heterocycles. The maximum atomic E-state index is 11.2. The van der Waals surface area contributed by atoms with Gasteiger partial charge in [0.05, 0.1) is 6.42 Å². The van der Waals surface area contributed by atoms with E-state index in [2.05, 4.69) is 27.9 Å². The van der Waals surface area contributed by atoms with Crippen molar-refractivity contribution in [3.63, 3.8) is 0 Å². The van der Waals surface area contributed by atoms with Crippen LogP contribution in [0.4, 0.5) is 4.79 Å². The number of carbonyl (C=O) groups is 2. The summed E-state index contributed by atoms with van der Waals surface area (Å²) in [5.74, 6) is -3.13. The minimum atomic E-state index is -2.29. The van der Waals surface area contributed by atoms with Crippen LogP contribution in [0.15, 0.2) is 24.8 Å². The number of hydrogen-bond donors (Lipinski definition) is 2. The van der Waals surface area contributed by atoms with E-state index in [0.717, 1.165) is 0 Å². The molecule has 0 aliphatic rings. The Morgan fingerprint density at radius 3 is 2.47 bits per heavy atom. The monoisotopic (exact) mass is 243 g/mol. The van der Waals surface area contributed by atoms with Gasteiger partial charge in [-0.15, -0.1) is 6.58 Å². The number of carbonyl (C=O) groups excluding carboxylic acids is 2. The molecular weight excluding hydrogens is 226 g/mol. The van der Waals surface area contributed by atoms with Crippen molar-refractivity contribution in [3.8, 4) is 0 Å². The highest BCUT2D eigenvalue weighted by molar-refractivity contribution is 5.87. The lowest BCUT2D eigenvalue weighted by Gasteiger charge is -2.25. The van der Waals surface area contributed by atoms with Crippen LogP contribution >= 0.6 is 0 Å². The van der Waals surface area contributed by atoms with E-state index in [4.69, 9.17) is 0 Å². The molecule has 0 spiro atoms. The third-order valence-electron chi connectivity index (χ3n) is 1.69. The molecule has 0 radical (unpaired) electrons. The first-order valence-electron chi connectivity index (χ1n) is 5.03. The van der Waals surface area contributed by atoms with Crippen molar-refractivity contribution in [2.45, 2.75) is 26.2 Å². The molecule has 1 amide bonds. The molecule has 17 heavy (non-hydrogen) atoms. The van der Waals surface area contributed by atoms with Crippen LogP contribution in [0.3, 0.4) is 0 Å². The van der Waals surface area contributed by atoms with Crippen LogP contribution < -0.4 is 5.32 Å². The Morgan fingerprint density at radius 2 is 2.06 bits per heavy atom. The fourth-order valence-electron chi connectivity index (χ4n) is 0.734. The van der Waals surface area contributed by atoms with Crippen molar-refractivity contribution in [1.29, 1.82) is 0 Å². The first-order chi connectivity index (χ1) is 7.84. The standard InChI is InChI=1S/C11H17NO5/c1-5-7-12-10(14)17-11(15,6-2)16-9(13)8(3)4/h5,15H,1,3,6-7H2,2,4H3,(H,12,14).